The van der Waals surface area contributed by atoms with Gasteiger partial charge in [-0.25, -0.2) is 0 Å². The lowest BCUT2D eigenvalue weighted by atomic mass is 10.4. The van der Waals surface area contributed by atoms with E-state index in [0.29, 0.717) is 0 Å². The highest BCUT2D eigenvalue weighted by molar-refractivity contribution is 7.82. The topological polar surface area (TPSA) is 12.0 Å². The lowest BCUT2D eigenvalue weighted by molar-refractivity contribution is 1.15. The number of hydrogen-bond acceptors (Lipinski definition) is 2. The van der Waals surface area contributed by atoms with Gasteiger partial charge in [0.25, 0.3) is 0 Å². The third-order valence-corrected chi connectivity index (χ3v) is 1.42. The summed E-state index contributed by atoms with van der Waals surface area (Å²) < 4.78 is 0. The van der Waals surface area contributed by atoms with Crippen LogP contribution in [0.5, 0.6) is 0 Å². The molecule has 0 aromatic rings. The van der Waals surface area contributed by atoms with Crippen LogP contribution in [0.1, 0.15) is 6.42 Å². The maximum Gasteiger partial charge on any atom is 0.0806 e. The van der Waals surface area contributed by atoms with Gasteiger partial charge in [0.05, 0.1) is 4.99 Å². The lowest BCUT2D eigenvalue weighted by Gasteiger charge is -1.83. The lowest BCUT2D eigenvalue weighted by Crippen LogP contribution is -2.11. The Kier molecular flexibility index (Phi) is 1.35. The molecule has 0 spiro atoms. The van der Waals surface area contributed by atoms with Crippen LogP contribution < -0.4 is 5.32 Å². The van der Waals surface area contributed by atoms with Gasteiger partial charge >= 0.3 is 0 Å². The molecule has 1 heterocycles. The highest BCUT2D eigenvalue weighted by Gasteiger charge is 2.08. The quantitative estimate of drug-likeness (QED) is 0.485. The predicted octanol–water partition coefficient (Wildman–Crippen LogP) is 0.677. The molecule has 7 heavy (non-hydrogen) atoms. The zero-order valence-electron chi connectivity index (χ0n) is 3.73. The van der Waals surface area contributed by atoms with Crippen molar-refractivity contribution in [2.75, 3.05) is 6.54 Å². The van der Waals surface area contributed by atoms with Crippen LogP contribution >= 0.6 is 24.4 Å². The molecule has 1 aliphatic heterocycles. The Morgan fingerprint density at radius 1 is 1.43 bits per heavy atom. The van der Waals surface area contributed by atoms with E-state index in [0.717, 1.165) is 22.8 Å². The summed E-state index contributed by atoms with van der Waals surface area (Å²) in [6.07, 6.45) is 0.824. The molecule has 0 atom stereocenters. The van der Waals surface area contributed by atoms with E-state index in [4.69, 9.17) is 24.4 Å². The zero-order chi connectivity index (χ0) is 5.28. The summed E-state index contributed by atoms with van der Waals surface area (Å²) in [6.45, 7) is 0.814. The van der Waals surface area contributed by atoms with Gasteiger partial charge in [0.15, 0.2) is 0 Å². The third kappa shape index (κ3) is 1.17. The van der Waals surface area contributed by atoms with Crippen molar-refractivity contribution >= 4 is 34.3 Å². The first-order valence-corrected chi connectivity index (χ1v) is 2.89. The molecule has 38 valence electrons. The van der Waals surface area contributed by atoms with Crippen LogP contribution in [0.2, 0.25) is 0 Å². The first-order chi connectivity index (χ1) is 3.29. The molecule has 0 unspecified atom stereocenters. The van der Waals surface area contributed by atoms with Crippen LogP contribution in [-0.2, 0) is 0 Å². The van der Waals surface area contributed by atoms with Crippen LogP contribution in [0.4, 0.5) is 0 Å². The molecule has 0 radical (unpaired) electrons. The second-order valence-electron chi connectivity index (χ2n) is 1.49. The molecule has 0 aromatic carbocycles. The zero-order valence-corrected chi connectivity index (χ0v) is 5.36. The summed E-state index contributed by atoms with van der Waals surface area (Å²) in [6, 6.07) is 0. The minimum Gasteiger partial charge on any atom is -0.375 e. The van der Waals surface area contributed by atoms with E-state index in [9.17, 15) is 0 Å². The molecule has 1 fully saturated rings. The largest absolute Gasteiger partial charge is 0.375 e. The molecule has 0 bridgehead atoms. The van der Waals surface area contributed by atoms with Crippen LogP contribution in [0.3, 0.4) is 0 Å². The molecule has 0 aliphatic carbocycles. The number of thiocarbonyl (C=S) groups is 2. The molecular formula is C4H5NS2. The Morgan fingerprint density at radius 3 is 2.29 bits per heavy atom. The van der Waals surface area contributed by atoms with Gasteiger partial charge < -0.3 is 5.32 Å². The standard InChI is InChI=1S/C4H5NS2/c6-3-1-4(7)5-2-3/h1-2H2,(H,5,7). The fourth-order valence-corrected chi connectivity index (χ4v) is 1.06. The molecule has 0 aromatic heterocycles. The van der Waals surface area contributed by atoms with Gasteiger partial charge in [-0.3, -0.25) is 0 Å². The van der Waals surface area contributed by atoms with E-state index < -0.39 is 0 Å². The van der Waals surface area contributed by atoms with E-state index in [-0.39, 0.29) is 0 Å². The molecule has 1 saturated heterocycles. The Hall–Kier alpha value is -0.0200. The van der Waals surface area contributed by atoms with Crippen LogP contribution in [-0.4, -0.2) is 16.4 Å². The van der Waals surface area contributed by atoms with E-state index in [1.165, 1.54) is 0 Å². The molecule has 1 aliphatic rings. The maximum absolute atomic E-state index is 4.85. The number of hydrogen-bond donors (Lipinski definition) is 1. The van der Waals surface area contributed by atoms with Crippen LogP contribution in [0.15, 0.2) is 0 Å². The predicted molar refractivity (Wildman–Crippen MR) is 37.8 cm³/mol. The highest BCUT2D eigenvalue weighted by atomic mass is 32.1. The molecule has 1 N–H and O–H groups in total. The molecular weight excluding hydrogens is 126 g/mol. The van der Waals surface area contributed by atoms with E-state index in [1.807, 2.05) is 0 Å². The average molecular weight is 131 g/mol. The van der Waals surface area contributed by atoms with Crippen molar-refractivity contribution in [3.8, 4) is 0 Å². The van der Waals surface area contributed by atoms with Crippen LogP contribution in [0.25, 0.3) is 0 Å². The summed E-state index contributed by atoms with van der Waals surface area (Å²) in [5, 5.41) is 2.96. The Morgan fingerprint density at radius 2 is 2.14 bits per heavy atom. The third-order valence-electron chi connectivity index (χ3n) is 0.840. The van der Waals surface area contributed by atoms with Gasteiger partial charge in [-0.1, -0.05) is 24.4 Å². The van der Waals surface area contributed by atoms with Crippen molar-refractivity contribution in [3.05, 3.63) is 0 Å². The fraction of sp³-hybridized carbons (Fsp3) is 0.500. The summed E-state index contributed by atoms with van der Waals surface area (Å²) in [5.74, 6) is 0. The van der Waals surface area contributed by atoms with Crippen molar-refractivity contribution in [3.63, 3.8) is 0 Å². The normalized spacial score (nSPS) is 20.0. The number of nitrogens with one attached hydrogen (secondary N) is 1. The summed E-state index contributed by atoms with van der Waals surface area (Å²) >= 11 is 9.64. The molecule has 1 rings (SSSR count). The van der Waals surface area contributed by atoms with Gasteiger partial charge in [0.1, 0.15) is 0 Å². The second-order valence-corrected chi connectivity index (χ2v) is 2.56. The second kappa shape index (κ2) is 1.84. The Balaban J connectivity index is 2.55. The van der Waals surface area contributed by atoms with Crippen molar-refractivity contribution in [1.29, 1.82) is 0 Å². The fourth-order valence-electron chi connectivity index (χ4n) is 0.501. The van der Waals surface area contributed by atoms with Gasteiger partial charge in [-0.05, 0) is 0 Å². The van der Waals surface area contributed by atoms with Gasteiger partial charge in [0.2, 0.25) is 0 Å². The summed E-state index contributed by atoms with van der Waals surface area (Å²) in [4.78, 5) is 1.93. The van der Waals surface area contributed by atoms with Gasteiger partial charge in [-0.2, -0.15) is 0 Å². The van der Waals surface area contributed by atoms with Crippen molar-refractivity contribution < 1.29 is 0 Å². The first kappa shape index (κ1) is 5.12. The van der Waals surface area contributed by atoms with E-state index in [2.05, 4.69) is 5.32 Å². The van der Waals surface area contributed by atoms with Crippen molar-refractivity contribution in [2.45, 2.75) is 6.42 Å². The first-order valence-electron chi connectivity index (χ1n) is 2.07. The van der Waals surface area contributed by atoms with Crippen molar-refractivity contribution in [1.82, 2.24) is 5.32 Å². The monoisotopic (exact) mass is 131 g/mol. The van der Waals surface area contributed by atoms with E-state index in [1.54, 1.807) is 0 Å². The molecule has 3 heteroatoms. The van der Waals surface area contributed by atoms with E-state index >= 15 is 0 Å². The summed E-state index contributed by atoms with van der Waals surface area (Å²) in [5.41, 5.74) is 0. The minimum atomic E-state index is 0.814. The number of rotatable bonds is 0. The van der Waals surface area contributed by atoms with Gasteiger partial charge in [0, 0.05) is 17.8 Å². The molecule has 0 amide bonds. The van der Waals surface area contributed by atoms with Crippen molar-refractivity contribution in [2.24, 2.45) is 0 Å². The Labute approximate surface area is 53.1 Å². The SMILES string of the molecule is S=C1CNC(=S)C1. The summed E-state index contributed by atoms with van der Waals surface area (Å²) in [7, 11) is 0. The minimum absolute atomic E-state index is 0.814. The Bertz CT molecular complexity index is 105. The molecule has 1 nitrogen and oxygen atoms in total. The molecule has 0 saturated carbocycles. The van der Waals surface area contributed by atoms with Crippen LogP contribution in [0, 0.1) is 0 Å². The average Bonchev–Trinajstić information content (AvgIpc) is 1.87. The highest BCUT2D eigenvalue weighted by Crippen LogP contribution is 1.95. The maximum atomic E-state index is 4.85. The smallest absolute Gasteiger partial charge is 0.0806 e. The van der Waals surface area contributed by atoms with Gasteiger partial charge in [-0.15, -0.1) is 0 Å².